The third kappa shape index (κ3) is 1.13. The van der Waals surface area contributed by atoms with Gasteiger partial charge in [-0.3, -0.25) is 0 Å². The smallest absolute Gasteiger partial charge is 0.160 e. The molecule has 1 nitrogen and oxygen atoms in total. The third-order valence-electron chi connectivity index (χ3n) is 0.854. The molecule has 4 heteroatoms. The molecule has 0 fully saturated rings. The first kappa shape index (κ1) is 6.35. The summed E-state index contributed by atoms with van der Waals surface area (Å²) in [4.78, 5) is 2.25. The predicted octanol–water partition coefficient (Wildman–Crippen LogP) is 2.02. The molecule has 1 N–H and O–H groups in total. The summed E-state index contributed by atoms with van der Waals surface area (Å²) in [6, 6.07) is 0. The highest BCUT2D eigenvalue weighted by Gasteiger charge is 1.96. The van der Waals surface area contributed by atoms with Gasteiger partial charge in [0, 0.05) is 12.4 Å². The minimum Gasteiger partial charge on any atom is -0.363 e. The molecule has 0 bridgehead atoms. The Morgan fingerprint density at radius 2 is 1.67 bits per heavy atom. The number of pyridine rings is 1. The van der Waals surface area contributed by atoms with Crippen molar-refractivity contribution in [1.82, 2.24) is 4.98 Å². The van der Waals surface area contributed by atoms with Gasteiger partial charge in [0.2, 0.25) is 0 Å². The van der Waals surface area contributed by atoms with Crippen molar-refractivity contribution in [3.8, 4) is 0 Å². The van der Waals surface area contributed by atoms with Crippen molar-refractivity contribution in [1.29, 1.82) is 0 Å². The molecule has 0 aliphatic rings. The molecule has 0 saturated heterocycles. The highest BCUT2D eigenvalue weighted by atomic mass is 32.1. The maximum atomic E-state index is 12.2. The maximum absolute atomic E-state index is 12.2. The van der Waals surface area contributed by atoms with Crippen LogP contribution in [0, 0.1) is 16.1 Å². The summed E-state index contributed by atoms with van der Waals surface area (Å²) in [7, 11) is 0. The summed E-state index contributed by atoms with van der Waals surface area (Å²) in [5, 5.41) is 0. The molecule has 48 valence electrons. The van der Waals surface area contributed by atoms with Crippen LogP contribution >= 0.6 is 12.2 Å². The molecule has 0 saturated carbocycles. The van der Waals surface area contributed by atoms with Crippen molar-refractivity contribution >= 4 is 12.2 Å². The van der Waals surface area contributed by atoms with Crippen molar-refractivity contribution in [2.75, 3.05) is 0 Å². The normalized spacial score (nSPS) is 9.56. The summed E-state index contributed by atoms with van der Waals surface area (Å²) in [5.41, 5.74) is 0. The van der Waals surface area contributed by atoms with E-state index < -0.39 is 11.6 Å². The molecule has 0 amide bonds. The van der Waals surface area contributed by atoms with Crippen LogP contribution in [0.15, 0.2) is 12.4 Å². The van der Waals surface area contributed by atoms with Crippen LogP contribution in [0.5, 0.6) is 0 Å². The first-order valence-corrected chi connectivity index (χ1v) is 2.65. The van der Waals surface area contributed by atoms with E-state index in [1.54, 1.807) is 0 Å². The Hall–Kier alpha value is -0.770. The van der Waals surface area contributed by atoms with Crippen LogP contribution in [0.25, 0.3) is 0 Å². The van der Waals surface area contributed by atoms with Crippen molar-refractivity contribution in [3.05, 3.63) is 28.5 Å². The first-order valence-electron chi connectivity index (χ1n) is 2.24. The van der Waals surface area contributed by atoms with Crippen LogP contribution in [-0.2, 0) is 0 Å². The van der Waals surface area contributed by atoms with Crippen LogP contribution in [0.4, 0.5) is 8.78 Å². The molecule has 9 heavy (non-hydrogen) atoms. The molecule has 0 aliphatic heterocycles. The average Bonchev–Trinajstić information content (AvgIpc) is 1.83. The second kappa shape index (κ2) is 2.23. The fraction of sp³-hybridized carbons (Fsp3) is 0. The lowest BCUT2D eigenvalue weighted by molar-refractivity contribution is 0.566. The molecule has 1 aromatic rings. The Kier molecular flexibility index (Phi) is 1.57. The Morgan fingerprint density at radius 1 is 1.22 bits per heavy atom. The van der Waals surface area contributed by atoms with Gasteiger partial charge in [-0.25, -0.2) is 8.78 Å². The van der Waals surface area contributed by atoms with Gasteiger partial charge in [0.1, 0.15) is 4.51 Å². The molecule has 0 spiro atoms. The van der Waals surface area contributed by atoms with Crippen LogP contribution in [-0.4, -0.2) is 4.98 Å². The fourth-order valence-corrected chi connectivity index (χ4v) is 0.551. The average molecular weight is 147 g/mol. The topological polar surface area (TPSA) is 15.8 Å². The van der Waals surface area contributed by atoms with Gasteiger partial charge >= 0.3 is 0 Å². The monoisotopic (exact) mass is 147 g/mol. The van der Waals surface area contributed by atoms with Gasteiger partial charge in [0.15, 0.2) is 11.6 Å². The minimum atomic E-state index is -0.731. The summed E-state index contributed by atoms with van der Waals surface area (Å²) in [5.74, 6) is -1.46. The van der Waals surface area contributed by atoms with E-state index in [9.17, 15) is 8.78 Å². The van der Waals surface area contributed by atoms with E-state index in [1.165, 1.54) is 0 Å². The molecule has 0 atom stereocenters. The van der Waals surface area contributed by atoms with E-state index >= 15 is 0 Å². The standard InChI is InChI=1S/C5H3F2NS/c6-3-1-8-2-4(7)5(3)9/h1-2H,(H,8,9). The van der Waals surface area contributed by atoms with Crippen LogP contribution in [0.1, 0.15) is 0 Å². The summed E-state index contributed by atoms with van der Waals surface area (Å²) >= 11 is 4.32. The van der Waals surface area contributed by atoms with Crippen LogP contribution in [0.2, 0.25) is 0 Å². The molecular formula is C5H3F2NS. The molecule has 1 rings (SSSR count). The summed E-state index contributed by atoms with van der Waals surface area (Å²) in [6.45, 7) is 0. The second-order valence-corrected chi connectivity index (χ2v) is 1.89. The van der Waals surface area contributed by atoms with E-state index in [0.29, 0.717) is 0 Å². The SMILES string of the molecule is Fc1c[nH]cc(F)c1=S. The quantitative estimate of drug-likeness (QED) is 0.555. The van der Waals surface area contributed by atoms with Crippen molar-refractivity contribution in [2.24, 2.45) is 0 Å². The van der Waals surface area contributed by atoms with Crippen molar-refractivity contribution in [2.45, 2.75) is 0 Å². The molecule has 0 unspecified atom stereocenters. The minimum absolute atomic E-state index is 0.367. The molecule has 1 heterocycles. The number of rotatable bonds is 0. The van der Waals surface area contributed by atoms with E-state index in [0.717, 1.165) is 12.4 Å². The number of aromatic nitrogens is 1. The Bertz CT molecular complexity index is 245. The molecule has 0 aromatic carbocycles. The van der Waals surface area contributed by atoms with E-state index in [2.05, 4.69) is 17.2 Å². The Labute approximate surface area is 55.3 Å². The Morgan fingerprint density at radius 3 is 2.00 bits per heavy atom. The van der Waals surface area contributed by atoms with Gasteiger partial charge in [-0.05, 0) is 0 Å². The largest absolute Gasteiger partial charge is 0.363 e. The lowest BCUT2D eigenvalue weighted by Crippen LogP contribution is -1.83. The second-order valence-electron chi connectivity index (χ2n) is 1.48. The van der Waals surface area contributed by atoms with E-state index in [-0.39, 0.29) is 4.51 Å². The zero-order chi connectivity index (χ0) is 6.85. The zero-order valence-corrected chi connectivity index (χ0v) is 5.14. The number of hydrogen-bond donors (Lipinski definition) is 1. The number of aromatic amines is 1. The summed E-state index contributed by atoms with van der Waals surface area (Å²) in [6.07, 6.45) is 2.01. The molecule has 0 aliphatic carbocycles. The van der Waals surface area contributed by atoms with Gasteiger partial charge in [-0.15, -0.1) is 0 Å². The molecular weight excluding hydrogens is 144 g/mol. The maximum Gasteiger partial charge on any atom is 0.160 e. The number of nitrogens with one attached hydrogen (secondary N) is 1. The number of H-pyrrole nitrogens is 1. The van der Waals surface area contributed by atoms with Gasteiger partial charge in [0.05, 0.1) is 0 Å². The van der Waals surface area contributed by atoms with Gasteiger partial charge in [-0.2, -0.15) is 0 Å². The third-order valence-corrected chi connectivity index (χ3v) is 1.24. The highest BCUT2D eigenvalue weighted by molar-refractivity contribution is 7.71. The van der Waals surface area contributed by atoms with Gasteiger partial charge < -0.3 is 4.98 Å². The van der Waals surface area contributed by atoms with Crippen molar-refractivity contribution in [3.63, 3.8) is 0 Å². The van der Waals surface area contributed by atoms with Gasteiger partial charge in [-0.1, -0.05) is 12.2 Å². The molecule has 1 aromatic heterocycles. The van der Waals surface area contributed by atoms with E-state index in [4.69, 9.17) is 0 Å². The van der Waals surface area contributed by atoms with Crippen LogP contribution in [0.3, 0.4) is 0 Å². The number of halogens is 2. The van der Waals surface area contributed by atoms with E-state index in [1.807, 2.05) is 0 Å². The lowest BCUT2D eigenvalue weighted by atomic mass is 10.5. The lowest BCUT2D eigenvalue weighted by Gasteiger charge is -1.87. The predicted molar refractivity (Wildman–Crippen MR) is 31.5 cm³/mol. The van der Waals surface area contributed by atoms with Crippen LogP contribution < -0.4 is 0 Å². The zero-order valence-electron chi connectivity index (χ0n) is 4.32. The summed E-state index contributed by atoms with van der Waals surface area (Å²) < 4.78 is 24.0. The first-order chi connectivity index (χ1) is 4.22. The van der Waals surface area contributed by atoms with Gasteiger partial charge in [0.25, 0.3) is 0 Å². The molecule has 0 radical (unpaired) electrons. The Balaban J connectivity index is 3.43. The fourth-order valence-electron chi connectivity index (χ4n) is 0.433. The highest BCUT2D eigenvalue weighted by Crippen LogP contribution is 2.01. The number of hydrogen-bond acceptors (Lipinski definition) is 1. The van der Waals surface area contributed by atoms with Crippen molar-refractivity contribution < 1.29 is 8.78 Å².